The van der Waals surface area contributed by atoms with Crippen molar-refractivity contribution in [2.24, 2.45) is 0 Å². The summed E-state index contributed by atoms with van der Waals surface area (Å²) in [5.41, 5.74) is 0. The molecule has 0 aromatic carbocycles. The molecule has 4 heteroatoms. The number of amides is 2. The van der Waals surface area contributed by atoms with Crippen LogP contribution in [0.4, 0.5) is 4.79 Å². The Bertz CT molecular complexity index is 228. The highest BCUT2D eigenvalue weighted by Gasteiger charge is 2.37. The molecule has 0 aromatic rings. The molecule has 0 aromatic heterocycles. The lowest BCUT2D eigenvalue weighted by atomic mass is 10.2. The van der Waals surface area contributed by atoms with E-state index in [9.17, 15) is 9.59 Å². The zero-order chi connectivity index (χ0) is 10.7. The molecule has 1 fully saturated rings. The van der Waals surface area contributed by atoms with Crippen LogP contribution in [-0.2, 0) is 4.79 Å². The molecule has 1 aliphatic rings. The fourth-order valence-corrected chi connectivity index (χ4v) is 1.87. The molecule has 1 saturated heterocycles. The zero-order valence-corrected chi connectivity index (χ0v) is 9.06. The largest absolute Gasteiger partial charge is 0.322 e. The first-order valence-corrected chi connectivity index (χ1v) is 5.14. The van der Waals surface area contributed by atoms with Crippen LogP contribution in [0.3, 0.4) is 0 Å². The molecular formula is C10H18N2O2. The van der Waals surface area contributed by atoms with Crippen molar-refractivity contribution in [1.29, 1.82) is 0 Å². The van der Waals surface area contributed by atoms with E-state index in [1.165, 1.54) is 0 Å². The molecule has 2 amide bonds. The number of rotatable bonds is 4. The summed E-state index contributed by atoms with van der Waals surface area (Å²) in [6, 6.07) is -0.160. The Morgan fingerprint density at radius 3 is 2.57 bits per heavy atom. The average Bonchev–Trinajstić information content (AvgIpc) is 2.44. The van der Waals surface area contributed by atoms with Gasteiger partial charge in [0.1, 0.15) is 12.3 Å². The molecule has 0 spiro atoms. The summed E-state index contributed by atoms with van der Waals surface area (Å²) in [7, 11) is 0. The zero-order valence-electron chi connectivity index (χ0n) is 9.06. The van der Waals surface area contributed by atoms with Gasteiger partial charge >= 0.3 is 6.03 Å². The number of carbonyl (C=O) groups is 2. The molecular weight excluding hydrogens is 180 g/mol. The average molecular weight is 198 g/mol. The molecule has 1 atom stereocenters. The molecule has 1 heterocycles. The van der Waals surface area contributed by atoms with Gasteiger partial charge in [0.2, 0.25) is 0 Å². The van der Waals surface area contributed by atoms with E-state index in [0.717, 1.165) is 19.3 Å². The second-order valence-electron chi connectivity index (χ2n) is 3.93. The maximum absolute atomic E-state index is 11.8. The van der Waals surface area contributed by atoms with Crippen LogP contribution >= 0.6 is 0 Å². The number of urea groups is 1. The topological polar surface area (TPSA) is 40.6 Å². The maximum atomic E-state index is 11.8. The van der Waals surface area contributed by atoms with Gasteiger partial charge in [-0.3, -0.25) is 0 Å². The Balaban J connectivity index is 2.74. The van der Waals surface area contributed by atoms with E-state index >= 15 is 0 Å². The molecule has 14 heavy (non-hydrogen) atoms. The summed E-state index contributed by atoms with van der Waals surface area (Å²) in [6.07, 6.45) is 1.80. The van der Waals surface area contributed by atoms with Gasteiger partial charge < -0.3 is 14.6 Å². The van der Waals surface area contributed by atoms with Gasteiger partial charge in [-0.25, -0.2) is 4.79 Å². The smallest absolute Gasteiger partial charge is 0.320 e. The molecule has 1 aliphatic heterocycles. The van der Waals surface area contributed by atoms with E-state index < -0.39 is 0 Å². The van der Waals surface area contributed by atoms with Crippen LogP contribution in [0.25, 0.3) is 0 Å². The van der Waals surface area contributed by atoms with Crippen molar-refractivity contribution < 1.29 is 9.59 Å². The van der Waals surface area contributed by atoms with E-state index in [0.29, 0.717) is 6.54 Å². The Morgan fingerprint density at radius 1 is 1.57 bits per heavy atom. The van der Waals surface area contributed by atoms with Crippen molar-refractivity contribution >= 4 is 12.3 Å². The van der Waals surface area contributed by atoms with Crippen LogP contribution in [0.15, 0.2) is 0 Å². The minimum atomic E-state index is -0.256. The van der Waals surface area contributed by atoms with Gasteiger partial charge in [0, 0.05) is 19.1 Å². The highest BCUT2D eigenvalue weighted by atomic mass is 16.2. The fraction of sp³-hybridized carbons (Fsp3) is 0.800. The Morgan fingerprint density at radius 2 is 2.21 bits per heavy atom. The Labute approximate surface area is 84.9 Å². The van der Waals surface area contributed by atoms with Crippen molar-refractivity contribution in [3.05, 3.63) is 0 Å². The Hall–Kier alpha value is -1.06. The van der Waals surface area contributed by atoms with Gasteiger partial charge in [0.05, 0.1) is 0 Å². The quantitative estimate of drug-likeness (QED) is 0.635. The van der Waals surface area contributed by atoms with Crippen LogP contribution in [0.5, 0.6) is 0 Å². The number of carbonyl (C=O) groups excluding carboxylic acids is 2. The van der Waals surface area contributed by atoms with Gasteiger partial charge in [-0.05, 0) is 20.3 Å². The molecule has 0 radical (unpaired) electrons. The minimum Gasteiger partial charge on any atom is -0.322 e. The summed E-state index contributed by atoms with van der Waals surface area (Å²) in [4.78, 5) is 26.0. The second kappa shape index (κ2) is 4.44. The predicted octanol–water partition coefficient (Wildman–Crippen LogP) is 1.11. The standard InChI is InChI=1S/C10H18N2O2/c1-4-5-11-6-9(7-13)12(8(2)3)10(11)14/h7-9H,4-6H2,1-3H3/t9-/m0/s1. The normalized spacial score (nSPS) is 22.3. The number of hydrogen-bond donors (Lipinski definition) is 0. The molecule has 4 nitrogen and oxygen atoms in total. The fourth-order valence-electron chi connectivity index (χ4n) is 1.87. The lowest BCUT2D eigenvalue weighted by molar-refractivity contribution is -0.111. The third-order valence-corrected chi connectivity index (χ3v) is 2.46. The third kappa shape index (κ3) is 1.89. The van der Waals surface area contributed by atoms with E-state index in [-0.39, 0.29) is 18.1 Å². The summed E-state index contributed by atoms with van der Waals surface area (Å²) in [5.74, 6) is 0. The molecule has 80 valence electrons. The third-order valence-electron chi connectivity index (χ3n) is 2.46. The van der Waals surface area contributed by atoms with E-state index in [1.54, 1.807) is 9.80 Å². The maximum Gasteiger partial charge on any atom is 0.320 e. The second-order valence-corrected chi connectivity index (χ2v) is 3.93. The van der Waals surface area contributed by atoms with E-state index in [4.69, 9.17) is 0 Å². The Kier molecular flexibility index (Phi) is 3.49. The highest BCUT2D eigenvalue weighted by molar-refractivity contribution is 5.82. The number of hydrogen-bond acceptors (Lipinski definition) is 2. The first kappa shape index (κ1) is 11.0. The molecule has 0 aliphatic carbocycles. The van der Waals surface area contributed by atoms with Gasteiger partial charge in [0.25, 0.3) is 0 Å². The molecule has 0 N–H and O–H groups in total. The summed E-state index contributed by atoms with van der Waals surface area (Å²) >= 11 is 0. The predicted molar refractivity (Wildman–Crippen MR) is 54.1 cm³/mol. The minimum absolute atomic E-state index is 0.000972. The van der Waals surface area contributed by atoms with Crippen molar-refractivity contribution in [2.75, 3.05) is 13.1 Å². The van der Waals surface area contributed by atoms with Crippen molar-refractivity contribution in [3.63, 3.8) is 0 Å². The first-order chi connectivity index (χ1) is 6.61. The van der Waals surface area contributed by atoms with Crippen LogP contribution in [-0.4, -0.2) is 47.3 Å². The van der Waals surface area contributed by atoms with Gasteiger partial charge in [-0.2, -0.15) is 0 Å². The lowest BCUT2D eigenvalue weighted by Crippen LogP contribution is -2.40. The highest BCUT2D eigenvalue weighted by Crippen LogP contribution is 2.17. The van der Waals surface area contributed by atoms with Gasteiger partial charge in [-0.15, -0.1) is 0 Å². The van der Waals surface area contributed by atoms with Crippen LogP contribution in [0.2, 0.25) is 0 Å². The summed E-state index contributed by atoms with van der Waals surface area (Å²) in [5, 5.41) is 0. The number of aldehydes is 1. The number of nitrogens with zero attached hydrogens (tertiary/aromatic N) is 2. The monoisotopic (exact) mass is 198 g/mol. The van der Waals surface area contributed by atoms with Crippen molar-refractivity contribution in [1.82, 2.24) is 9.80 Å². The van der Waals surface area contributed by atoms with Crippen molar-refractivity contribution in [3.8, 4) is 0 Å². The summed E-state index contributed by atoms with van der Waals surface area (Å²) < 4.78 is 0. The van der Waals surface area contributed by atoms with E-state index in [2.05, 4.69) is 0 Å². The molecule has 1 rings (SSSR count). The van der Waals surface area contributed by atoms with Gasteiger partial charge in [0.15, 0.2) is 0 Å². The van der Waals surface area contributed by atoms with Crippen LogP contribution in [0.1, 0.15) is 27.2 Å². The van der Waals surface area contributed by atoms with Gasteiger partial charge in [-0.1, -0.05) is 6.92 Å². The molecule has 0 bridgehead atoms. The first-order valence-electron chi connectivity index (χ1n) is 5.14. The summed E-state index contributed by atoms with van der Waals surface area (Å²) in [6.45, 7) is 7.19. The lowest BCUT2D eigenvalue weighted by Gasteiger charge is -2.23. The molecule has 0 saturated carbocycles. The SMILES string of the molecule is CCCN1C[C@@H](C=O)N(C(C)C)C1=O. The van der Waals surface area contributed by atoms with Crippen LogP contribution in [0, 0.1) is 0 Å². The van der Waals surface area contributed by atoms with E-state index in [1.807, 2.05) is 20.8 Å². The van der Waals surface area contributed by atoms with Crippen molar-refractivity contribution in [2.45, 2.75) is 39.3 Å². The molecule has 0 unspecified atom stereocenters. The van der Waals surface area contributed by atoms with Crippen LogP contribution < -0.4 is 0 Å².